The number of rotatable bonds is 5. The van der Waals surface area contributed by atoms with Crippen molar-refractivity contribution in [3.63, 3.8) is 0 Å². The fourth-order valence-corrected chi connectivity index (χ4v) is 4.46. The first-order valence-electron chi connectivity index (χ1n) is 8.91. The lowest BCUT2D eigenvalue weighted by atomic mass is 10.2. The van der Waals surface area contributed by atoms with Gasteiger partial charge in [-0.05, 0) is 38.1 Å². The van der Waals surface area contributed by atoms with Crippen molar-refractivity contribution < 1.29 is 8.42 Å². The normalized spacial score (nSPS) is 11.8. The third-order valence-corrected chi connectivity index (χ3v) is 6.20. The van der Waals surface area contributed by atoms with Gasteiger partial charge in [0.25, 0.3) is 0 Å². The van der Waals surface area contributed by atoms with Gasteiger partial charge in [0.2, 0.25) is 10.0 Å². The van der Waals surface area contributed by atoms with Crippen molar-refractivity contribution in [2.24, 2.45) is 0 Å². The Kier molecular flexibility index (Phi) is 4.70. The van der Waals surface area contributed by atoms with Crippen LogP contribution >= 0.6 is 0 Å². The van der Waals surface area contributed by atoms with Gasteiger partial charge >= 0.3 is 0 Å². The molecule has 0 unspecified atom stereocenters. The molecule has 0 bridgehead atoms. The van der Waals surface area contributed by atoms with Crippen LogP contribution in [-0.4, -0.2) is 23.2 Å². The van der Waals surface area contributed by atoms with E-state index in [1.165, 1.54) is 0 Å². The summed E-state index contributed by atoms with van der Waals surface area (Å²) in [5.41, 5.74) is 3.96. The molecular weight excluding hydrogens is 372 g/mol. The van der Waals surface area contributed by atoms with Crippen molar-refractivity contribution >= 4 is 20.9 Å². The van der Waals surface area contributed by atoms with Crippen molar-refractivity contribution in [3.05, 3.63) is 83.8 Å². The molecule has 2 aromatic carbocycles. The summed E-state index contributed by atoms with van der Waals surface area (Å²) in [6.45, 7) is 3.99. The molecule has 0 saturated heterocycles. The Morgan fingerprint density at radius 1 is 0.964 bits per heavy atom. The number of aryl methyl sites for hydroxylation is 1. The van der Waals surface area contributed by atoms with Crippen LogP contribution in [0.1, 0.15) is 17.0 Å². The minimum Gasteiger partial charge on any atom is -0.255 e. The number of pyridine rings is 1. The highest BCUT2D eigenvalue weighted by Crippen LogP contribution is 2.22. The number of fused-ring (bicyclic) bond motifs is 1. The summed E-state index contributed by atoms with van der Waals surface area (Å²) >= 11 is 0. The molecule has 4 rings (SSSR count). The Morgan fingerprint density at radius 3 is 2.50 bits per heavy atom. The quantitative estimate of drug-likeness (QED) is 0.564. The van der Waals surface area contributed by atoms with E-state index in [9.17, 15) is 8.42 Å². The Labute approximate surface area is 163 Å². The van der Waals surface area contributed by atoms with Crippen LogP contribution in [0.3, 0.4) is 0 Å². The van der Waals surface area contributed by atoms with Gasteiger partial charge in [0.15, 0.2) is 0 Å². The molecule has 1 N–H and O–H groups in total. The van der Waals surface area contributed by atoms with Crippen LogP contribution in [0.15, 0.2) is 71.8 Å². The van der Waals surface area contributed by atoms with E-state index < -0.39 is 10.0 Å². The zero-order valence-corrected chi connectivity index (χ0v) is 16.4. The summed E-state index contributed by atoms with van der Waals surface area (Å²) in [7, 11) is -3.72. The van der Waals surface area contributed by atoms with E-state index >= 15 is 0 Å². The second-order valence-corrected chi connectivity index (χ2v) is 8.29. The first kappa shape index (κ1) is 18.3. The molecule has 0 aliphatic heterocycles. The molecule has 0 amide bonds. The number of sulfonamides is 1. The lowest BCUT2D eigenvalue weighted by molar-refractivity contribution is 0.582. The lowest BCUT2D eigenvalue weighted by Crippen LogP contribution is -2.24. The maximum absolute atomic E-state index is 12.9. The van der Waals surface area contributed by atoms with Gasteiger partial charge in [-0.1, -0.05) is 36.4 Å². The highest BCUT2D eigenvalue weighted by Gasteiger charge is 2.20. The van der Waals surface area contributed by atoms with Gasteiger partial charge in [-0.2, -0.15) is 5.10 Å². The molecule has 6 nitrogen and oxygen atoms in total. The minimum atomic E-state index is -3.72. The number of benzene rings is 2. The van der Waals surface area contributed by atoms with Crippen LogP contribution in [-0.2, 0) is 16.6 Å². The number of aromatic nitrogens is 3. The average Bonchev–Trinajstić information content (AvgIpc) is 3.00. The number of hydrogen-bond donors (Lipinski definition) is 1. The zero-order chi connectivity index (χ0) is 19.7. The molecule has 0 spiro atoms. The van der Waals surface area contributed by atoms with Crippen molar-refractivity contribution in [2.45, 2.75) is 25.3 Å². The van der Waals surface area contributed by atoms with E-state index in [0.29, 0.717) is 5.52 Å². The third-order valence-electron chi connectivity index (χ3n) is 4.77. The fraction of sp³-hybridized carbons (Fsp3) is 0.143. The van der Waals surface area contributed by atoms with Gasteiger partial charge in [-0.15, -0.1) is 0 Å². The lowest BCUT2D eigenvalue weighted by Gasteiger charge is -2.10. The summed E-state index contributed by atoms with van der Waals surface area (Å²) in [5.74, 6) is 0. The highest BCUT2D eigenvalue weighted by molar-refractivity contribution is 7.89. The van der Waals surface area contributed by atoms with Crippen molar-refractivity contribution in [1.29, 1.82) is 0 Å². The molecule has 2 heterocycles. The van der Waals surface area contributed by atoms with Crippen LogP contribution in [0.4, 0.5) is 0 Å². The molecule has 7 heteroatoms. The summed E-state index contributed by atoms with van der Waals surface area (Å²) in [4.78, 5) is 4.42. The zero-order valence-electron chi connectivity index (χ0n) is 15.6. The topological polar surface area (TPSA) is 76.9 Å². The van der Waals surface area contributed by atoms with Gasteiger partial charge in [-0.25, -0.2) is 17.8 Å². The van der Waals surface area contributed by atoms with Gasteiger partial charge in [-0.3, -0.25) is 4.98 Å². The summed E-state index contributed by atoms with van der Waals surface area (Å²) in [6, 6.07) is 18.6. The Balaban J connectivity index is 1.65. The van der Waals surface area contributed by atoms with Crippen molar-refractivity contribution in [2.75, 3.05) is 0 Å². The number of hydrogen-bond acceptors (Lipinski definition) is 4. The Hall–Kier alpha value is -3.03. The molecular formula is C21H20N4O2S. The SMILES string of the molecule is Cc1nn(-c2ccccc2)c(C)c1CNS(=O)(=O)c1cccc2cccnc12. The largest absolute Gasteiger partial charge is 0.255 e. The molecule has 0 saturated carbocycles. The maximum Gasteiger partial charge on any atom is 0.243 e. The standard InChI is InChI=1S/C21H20N4O2S/c1-15-19(16(2)25(24-15)18-10-4-3-5-11-18)14-23-28(26,27)20-12-6-8-17-9-7-13-22-21(17)20/h3-13,23H,14H2,1-2H3. The number of nitrogens with one attached hydrogen (secondary N) is 1. The monoisotopic (exact) mass is 392 g/mol. The molecule has 0 aliphatic carbocycles. The highest BCUT2D eigenvalue weighted by atomic mass is 32.2. The van der Waals surface area contributed by atoms with E-state index in [1.807, 2.05) is 61.0 Å². The maximum atomic E-state index is 12.9. The van der Waals surface area contributed by atoms with E-state index in [1.54, 1.807) is 24.4 Å². The molecule has 4 aromatic rings. The van der Waals surface area contributed by atoms with Crippen LogP contribution in [0.25, 0.3) is 16.6 Å². The molecule has 0 aliphatic rings. The predicted octanol–water partition coefficient (Wildman–Crippen LogP) is 3.52. The number of para-hydroxylation sites is 2. The number of nitrogens with zero attached hydrogens (tertiary/aromatic N) is 3. The second-order valence-electron chi connectivity index (χ2n) is 6.55. The Bertz CT molecular complexity index is 1240. The average molecular weight is 392 g/mol. The molecule has 0 radical (unpaired) electrons. The second kappa shape index (κ2) is 7.18. The van der Waals surface area contributed by atoms with Crippen LogP contribution in [0.2, 0.25) is 0 Å². The van der Waals surface area contributed by atoms with Gasteiger partial charge in [0.05, 0.1) is 16.9 Å². The predicted molar refractivity (Wildman–Crippen MR) is 109 cm³/mol. The summed E-state index contributed by atoms with van der Waals surface area (Å²) < 4.78 is 30.4. The molecule has 0 atom stereocenters. The third kappa shape index (κ3) is 3.30. The van der Waals surface area contributed by atoms with Crippen LogP contribution in [0.5, 0.6) is 0 Å². The van der Waals surface area contributed by atoms with Gasteiger partial charge < -0.3 is 0 Å². The van der Waals surface area contributed by atoms with E-state index in [-0.39, 0.29) is 11.4 Å². The summed E-state index contributed by atoms with van der Waals surface area (Å²) in [5, 5.41) is 5.36. The minimum absolute atomic E-state index is 0.163. The molecule has 2 aromatic heterocycles. The van der Waals surface area contributed by atoms with Crippen molar-refractivity contribution in [1.82, 2.24) is 19.5 Å². The van der Waals surface area contributed by atoms with Crippen LogP contribution < -0.4 is 4.72 Å². The van der Waals surface area contributed by atoms with Crippen LogP contribution in [0, 0.1) is 13.8 Å². The summed E-state index contributed by atoms with van der Waals surface area (Å²) in [6.07, 6.45) is 1.60. The Morgan fingerprint density at radius 2 is 1.71 bits per heavy atom. The van der Waals surface area contributed by atoms with E-state index in [2.05, 4.69) is 14.8 Å². The van der Waals surface area contributed by atoms with Gasteiger partial charge in [0.1, 0.15) is 4.90 Å². The van der Waals surface area contributed by atoms with Gasteiger partial charge in [0, 0.05) is 29.4 Å². The molecule has 0 fully saturated rings. The van der Waals surface area contributed by atoms with E-state index in [0.717, 1.165) is 28.0 Å². The fourth-order valence-electron chi connectivity index (χ4n) is 3.29. The van der Waals surface area contributed by atoms with Crippen molar-refractivity contribution in [3.8, 4) is 5.69 Å². The molecule has 28 heavy (non-hydrogen) atoms. The smallest absolute Gasteiger partial charge is 0.243 e. The first-order valence-corrected chi connectivity index (χ1v) is 10.4. The first-order chi connectivity index (χ1) is 13.5. The van der Waals surface area contributed by atoms with E-state index in [4.69, 9.17) is 0 Å². The molecule has 142 valence electrons.